The quantitative estimate of drug-likeness (QED) is 0.556. The van der Waals surface area contributed by atoms with Gasteiger partial charge in [0.15, 0.2) is 0 Å². The van der Waals surface area contributed by atoms with Gasteiger partial charge < -0.3 is 10.8 Å². The smallest absolute Gasteiger partial charge is 0.242 e. The minimum Gasteiger partial charge on any atom is -0.384 e. The molecule has 4 N–H and O–H groups in total. The van der Waals surface area contributed by atoms with Gasteiger partial charge in [-0.05, 0) is 6.07 Å². The second-order valence-corrected chi connectivity index (χ2v) is 4.93. The summed E-state index contributed by atoms with van der Waals surface area (Å²) in [6.07, 6.45) is 2.48. The summed E-state index contributed by atoms with van der Waals surface area (Å²) in [6, 6.07) is 1.28. The molecule has 0 aliphatic carbocycles. The average molecular weight is 269 g/mol. The number of hydrogen-bond acceptors (Lipinski definition) is 5. The number of carbonyl (C=O) groups is 1. The number of nitrogens with zero attached hydrogens (tertiary/aromatic N) is 1. The van der Waals surface area contributed by atoms with Crippen molar-refractivity contribution in [3.8, 4) is 11.8 Å². The van der Waals surface area contributed by atoms with E-state index in [0.717, 1.165) is 6.20 Å². The van der Waals surface area contributed by atoms with Crippen molar-refractivity contribution in [3.05, 3.63) is 24.0 Å². The summed E-state index contributed by atoms with van der Waals surface area (Å²) in [5.41, 5.74) is 5.18. The van der Waals surface area contributed by atoms with Gasteiger partial charge in [-0.2, -0.15) is 0 Å². The molecule has 0 atom stereocenters. The van der Waals surface area contributed by atoms with Crippen LogP contribution in [0.15, 0.2) is 23.4 Å². The first-order valence-corrected chi connectivity index (χ1v) is 6.27. The third kappa shape index (κ3) is 4.14. The fourth-order valence-corrected chi connectivity index (χ4v) is 2.01. The van der Waals surface area contributed by atoms with E-state index in [0.29, 0.717) is 5.56 Å². The second-order valence-electron chi connectivity index (χ2n) is 3.16. The lowest BCUT2D eigenvalue weighted by Crippen LogP contribution is -2.33. The first-order chi connectivity index (χ1) is 8.45. The van der Waals surface area contributed by atoms with Crippen LogP contribution in [-0.4, -0.2) is 37.6 Å². The topological polar surface area (TPSA) is 122 Å². The van der Waals surface area contributed by atoms with E-state index in [2.05, 4.69) is 16.8 Å². The first kappa shape index (κ1) is 14.1. The molecule has 0 aliphatic rings. The molecule has 96 valence electrons. The Labute approximate surface area is 104 Å². The number of hydrogen-bond donors (Lipinski definition) is 3. The fraction of sp³-hybridized carbons (Fsp3) is 0.200. The van der Waals surface area contributed by atoms with Crippen LogP contribution in [-0.2, 0) is 14.8 Å². The molecule has 18 heavy (non-hydrogen) atoms. The highest BCUT2D eigenvalue weighted by atomic mass is 32.2. The van der Waals surface area contributed by atoms with Crippen molar-refractivity contribution in [2.75, 3.05) is 13.2 Å². The zero-order chi connectivity index (χ0) is 13.6. The van der Waals surface area contributed by atoms with E-state index in [-0.39, 0.29) is 11.5 Å². The number of primary amides is 1. The lowest BCUT2D eigenvalue weighted by molar-refractivity contribution is -0.116. The third-order valence-electron chi connectivity index (χ3n) is 1.77. The standard InChI is InChI=1S/C10H11N3O4S/c11-10(15)7-13-18(16,17)9-4-8(2-1-3-14)5-12-6-9/h4-6,13-14H,3,7H2,(H2,11,15). The number of aliphatic hydroxyl groups excluding tert-OH is 1. The number of sulfonamides is 1. The Hall–Kier alpha value is -1.95. The molecule has 1 heterocycles. The molecule has 8 heteroatoms. The van der Waals surface area contributed by atoms with Crippen molar-refractivity contribution in [2.45, 2.75) is 4.90 Å². The van der Waals surface area contributed by atoms with Crippen LogP contribution in [0, 0.1) is 11.8 Å². The maximum Gasteiger partial charge on any atom is 0.242 e. The van der Waals surface area contributed by atoms with Gasteiger partial charge in [0.25, 0.3) is 0 Å². The molecular formula is C10H11N3O4S. The van der Waals surface area contributed by atoms with Gasteiger partial charge in [0.05, 0.1) is 6.54 Å². The van der Waals surface area contributed by atoms with Crippen molar-refractivity contribution in [1.29, 1.82) is 0 Å². The zero-order valence-electron chi connectivity index (χ0n) is 9.25. The normalized spacial score (nSPS) is 10.5. The van der Waals surface area contributed by atoms with Gasteiger partial charge in [0.1, 0.15) is 11.5 Å². The Bertz CT molecular complexity index is 601. The van der Waals surface area contributed by atoms with E-state index in [1.54, 1.807) is 0 Å². The number of rotatable bonds is 4. The predicted octanol–water partition coefficient (Wildman–Crippen LogP) is -1.81. The summed E-state index contributed by atoms with van der Waals surface area (Å²) in [5, 5.41) is 8.53. The molecule has 0 saturated carbocycles. The minimum absolute atomic E-state index is 0.131. The van der Waals surface area contributed by atoms with Crippen molar-refractivity contribution < 1.29 is 18.3 Å². The number of aromatic nitrogens is 1. The minimum atomic E-state index is -3.85. The zero-order valence-corrected chi connectivity index (χ0v) is 10.1. The van der Waals surface area contributed by atoms with Crippen molar-refractivity contribution in [3.63, 3.8) is 0 Å². The maximum absolute atomic E-state index is 11.7. The Kier molecular flexibility index (Phi) is 4.79. The molecule has 0 saturated heterocycles. The maximum atomic E-state index is 11.7. The van der Waals surface area contributed by atoms with Gasteiger partial charge in [-0.1, -0.05) is 11.8 Å². The average Bonchev–Trinajstić information content (AvgIpc) is 2.34. The molecule has 0 aliphatic heterocycles. The van der Waals surface area contributed by atoms with Gasteiger partial charge in [-0.3, -0.25) is 9.78 Å². The fourth-order valence-electron chi connectivity index (χ4n) is 1.03. The van der Waals surface area contributed by atoms with Crippen LogP contribution in [0.2, 0.25) is 0 Å². The predicted molar refractivity (Wildman–Crippen MR) is 62.6 cm³/mol. The van der Waals surface area contributed by atoms with Crippen LogP contribution in [0.25, 0.3) is 0 Å². The first-order valence-electron chi connectivity index (χ1n) is 4.78. The molecule has 0 fully saturated rings. The van der Waals surface area contributed by atoms with Gasteiger partial charge in [0, 0.05) is 18.0 Å². The molecule has 1 amide bonds. The van der Waals surface area contributed by atoms with E-state index in [1.165, 1.54) is 12.3 Å². The van der Waals surface area contributed by atoms with Crippen LogP contribution < -0.4 is 10.5 Å². The van der Waals surface area contributed by atoms with Gasteiger partial charge in [0.2, 0.25) is 15.9 Å². The summed E-state index contributed by atoms with van der Waals surface area (Å²) < 4.78 is 25.4. The van der Waals surface area contributed by atoms with E-state index in [1.807, 2.05) is 4.72 Å². The lowest BCUT2D eigenvalue weighted by atomic mass is 10.3. The van der Waals surface area contributed by atoms with Gasteiger partial charge in [-0.15, -0.1) is 0 Å². The summed E-state index contributed by atoms with van der Waals surface area (Å²) in [4.78, 5) is 14.1. The highest BCUT2D eigenvalue weighted by molar-refractivity contribution is 7.89. The molecule has 0 radical (unpaired) electrons. The van der Waals surface area contributed by atoms with Crippen molar-refractivity contribution in [2.24, 2.45) is 5.73 Å². The summed E-state index contributed by atoms with van der Waals surface area (Å²) in [6.45, 7) is -0.828. The van der Waals surface area contributed by atoms with Crippen LogP contribution >= 0.6 is 0 Å². The van der Waals surface area contributed by atoms with E-state index < -0.39 is 22.5 Å². The Balaban J connectivity index is 2.98. The Morgan fingerprint density at radius 2 is 2.22 bits per heavy atom. The largest absolute Gasteiger partial charge is 0.384 e. The van der Waals surface area contributed by atoms with Crippen LogP contribution in [0.1, 0.15) is 5.56 Å². The highest BCUT2D eigenvalue weighted by Gasteiger charge is 2.15. The van der Waals surface area contributed by atoms with E-state index >= 15 is 0 Å². The molecular weight excluding hydrogens is 258 g/mol. The molecule has 1 aromatic rings. The van der Waals surface area contributed by atoms with Gasteiger partial charge in [-0.25, -0.2) is 13.1 Å². The van der Waals surface area contributed by atoms with Crippen molar-refractivity contribution >= 4 is 15.9 Å². The molecule has 0 bridgehead atoms. The highest BCUT2D eigenvalue weighted by Crippen LogP contribution is 2.08. The van der Waals surface area contributed by atoms with Crippen LogP contribution in [0.5, 0.6) is 0 Å². The monoisotopic (exact) mass is 269 g/mol. The van der Waals surface area contributed by atoms with Crippen LogP contribution in [0.4, 0.5) is 0 Å². The molecule has 1 aromatic heterocycles. The number of pyridine rings is 1. The second kappa shape index (κ2) is 6.11. The molecule has 0 unspecified atom stereocenters. The van der Waals surface area contributed by atoms with Crippen molar-refractivity contribution in [1.82, 2.24) is 9.71 Å². The van der Waals surface area contributed by atoms with Crippen LogP contribution in [0.3, 0.4) is 0 Å². The molecule has 0 spiro atoms. The summed E-state index contributed by atoms with van der Waals surface area (Å²) in [5.74, 6) is 4.11. The van der Waals surface area contributed by atoms with Gasteiger partial charge >= 0.3 is 0 Å². The third-order valence-corrected chi connectivity index (χ3v) is 3.14. The molecule has 0 aromatic carbocycles. The van der Waals surface area contributed by atoms with E-state index in [9.17, 15) is 13.2 Å². The molecule has 1 rings (SSSR count). The Morgan fingerprint density at radius 3 is 2.83 bits per heavy atom. The number of nitrogens with two attached hydrogens (primary N) is 1. The Morgan fingerprint density at radius 1 is 1.50 bits per heavy atom. The number of amides is 1. The summed E-state index contributed by atoms with van der Waals surface area (Å²) >= 11 is 0. The molecule has 7 nitrogen and oxygen atoms in total. The van der Waals surface area contributed by atoms with E-state index in [4.69, 9.17) is 10.8 Å². The summed E-state index contributed by atoms with van der Waals surface area (Å²) in [7, 11) is -3.85. The number of carbonyl (C=O) groups excluding carboxylic acids is 1. The lowest BCUT2D eigenvalue weighted by Gasteiger charge is -2.04. The number of nitrogens with one attached hydrogen (secondary N) is 1. The SMILES string of the molecule is NC(=O)CNS(=O)(=O)c1cncc(C#CCO)c1. The number of aliphatic hydroxyl groups is 1.